The number of nitrogen functional groups attached to an aromatic ring is 1. The highest BCUT2D eigenvalue weighted by atomic mass is 35.5. The van der Waals surface area contributed by atoms with Crippen molar-refractivity contribution in [2.24, 2.45) is 0 Å². The van der Waals surface area contributed by atoms with Gasteiger partial charge in [-0.1, -0.05) is 17.7 Å². The summed E-state index contributed by atoms with van der Waals surface area (Å²) >= 11 is 5.89. The van der Waals surface area contributed by atoms with Gasteiger partial charge in [0.25, 0.3) is 0 Å². The summed E-state index contributed by atoms with van der Waals surface area (Å²) in [5, 5.41) is -0.0263. The van der Waals surface area contributed by atoms with Crippen LogP contribution < -0.4 is 10.5 Å². The fraction of sp³-hybridized carbons (Fsp3) is 0.455. The molecule has 0 saturated heterocycles. The van der Waals surface area contributed by atoms with Crippen LogP contribution in [0.25, 0.3) is 0 Å². The molecule has 17 heavy (non-hydrogen) atoms. The van der Waals surface area contributed by atoms with Crippen LogP contribution in [0.15, 0.2) is 18.2 Å². The number of rotatable bonds is 5. The highest BCUT2D eigenvalue weighted by molar-refractivity contribution is 7.91. The first-order chi connectivity index (χ1) is 7.84. The van der Waals surface area contributed by atoms with E-state index in [0.717, 1.165) is 0 Å². The summed E-state index contributed by atoms with van der Waals surface area (Å²) in [6.07, 6.45) is 0. The molecule has 0 bridgehead atoms. The number of sulfone groups is 1. The first-order valence-electron chi connectivity index (χ1n) is 5.23. The van der Waals surface area contributed by atoms with E-state index in [1.165, 1.54) is 0 Å². The minimum absolute atomic E-state index is 0.0463. The van der Waals surface area contributed by atoms with E-state index in [4.69, 9.17) is 22.1 Å². The lowest BCUT2D eigenvalue weighted by atomic mass is 10.3. The normalized spacial score (nSPS) is 11.8. The van der Waals surface area contributed by atoms with Gasteiger partial charge < -0.3 is 10.5 Å². The van der Waals surface area contributed by atoms with Gasteiger partial charge in [-0.15, -0.1) is 0 Å². The van der Waals surface area contributed by atoms with Crippen LogP contribution in [-0.2, 0) is 9.84 Å². The van der Waals surface area contributed by atoms with E-state index in [1.54, 1.807) is 32.0 Å². The number of ether oxygens (including phenoxy) is 1. The first kappa shape index (κ1) is 14.1. The fourth-order valence-electron chi connectivity index (χ4n) is 1.17. The van der Waals surface area contributed by atoms with Crippen LogP contribution in [0.4, 0.5) is 5.69 Å². The molecule has 6 heteroatoms. The van der Waals surface area contributed by atoms with E-state index in [9.17, 15) is 8.42 Å². The Hall–Kier alpha value is -0.940. The molecule has 0 spiro atoms. The number of hydrogen-bond donors (Lipinski definition) is 1. The van der Waals surface area contributed by atoms with Crippen molar-refractivity contribution in [1.29, 1.82) is 0 Å². The molecule has 1 aromatic carbocycles. The minimum atomic E-state index is -3.10. The molecule has 0 fully saturated rings. The molecular weight excluding hydrogens is 262 g/mol. The van der Waals surface area contributed by atoms with Crippen LogP contribution in [0.3, 0.4) is 0 Å². The number of anilines is 1. The van der Waals surface area contributed by atoms with Crippen LogP contribution in [-0.4, -0.2) is 26.0 Å². The summed E-state index contributed by atoms with van der Waals surface area (Å²) in [7, 11) is -3.10. The third-order valence-corrected chi connectivity index (χ3v) is 4.80. The summed E-state index contributed by atoms with van der Waals surface area (Å²) in [6.45, 7) is 3.33. The lowest BCUT2D eigenvalue weighted by molar-refractivity contribution is 0.342. The Balaban J connectivity index is 2.64. The smallest absolute Gasteiger partial charge is 0.160 e. The van der Waals surface area contributed by atoms with Crippen molar-refractivity contribution < 1.29 is 13.2 Å². The Labute approximate surface area is 107 Å². The number of benzene rings is 1. The van der Waals surface area contributed by atoms with E-state index in [-0.39, 0.29) is 12.4 Å². The lowest BCUT2D eigenvalue weighted by Gasteiger charge is -2.11. The molecule has 0 aromatic heterocycles. The molecule has 0 amide bonds. The Morgan fingerprint density at radius 3 is 2.59 bits per heavy atom. The number of hydrogen-bond acceptors (Lipinski definition) is 4. The van der Waals surface area contributed by atoms with Gasteiger partial charge in [0.15, 0.2) is 15.6 Å². The average Bonchev–Trinajstić information content (AvgIpc) is 2.22. The second-order valence-corrected chi connectivity index (χ2v) is 7.01. The van der Waals surface area contributed by atoms with Gasteiger partial charge in [0.2, 0.25) is 0 Å². The van der Waals surface area contributed by atoms with Gasteiger partial charge >= 0.3 is 0 Å². The standard InChI is InChI=1S/C11H16ClNO3S/c1-8(2)17(14,15)7-6-16-11-9(12)4-3-5-10(11)13/h3-5,8H,6-7,13H2,1-2H3. The van der Waals surface area contributed by atoms with Gasteiger partial charge in [0.1, 0.15) is 6.61 Å². The molecule has 1 rings (SSSR count). The highest BCUT2D eigenvalue weighted by Gasteiger charge is 2.16. The monoisotopic (exact) mass is 277 g/mol. The summed E-state index contributed by atoms with van der Waals surface area (Å²) in [4.78, 5) is 0. The van der Waals surface area contributed by atoms with Crippen LogP contribution in [0.5, 0.6) is 5.75 Å². The topological polar surface area (TPSA) is 69.4 Å². The fourth-order valence-corrected chi connectivity index (χ4v) is 2.20. The zero-order valence-corrected chi connectivity index (χ0v) is 11.4. The molecule has 0 saturated carbocycles. The minimum Gasteiger partial charge on any atom is -0.489 e. The lowest BCUT2D eigenvalue weighted by Crippen LogP contribution is -2.22. The van der Waals surface area contributed by atoms with Crippen LogP contribution in [0.2, 0.25) is 5.02 Å². The van der Waals surface area contributed by atoms with Crippen molar-refractivity contribution in [3.8, 4) is 5.75 Å². The van der Waals surface area contributed by atoms with E-state index >= 15 is 0 Å². The van der Waals surface area contributed by atoms with E-state index in [1.807, 2.05) is 0 Å². The van der Waals surface area contributed by atoms with Crippen molar-refractivity contribution in [3.63, 3.8) is 0 Å². The van der Waals surface area contributed by atoms with Gasteiger partial charge in [-0.3, -0.25) is 0 Å². The second-order valence-electron chi connectivity index (χ2n) is 3.92. The van der Waals surface area contributed by atoms with Gasteiger partial charge in [-0.25, -0.2) is 8.42 Å². The predicted molar refractivity (Wildman–Crippen MR) is 70.3 cm³/mol. The molecule has 0 aliphatic heterocycles. The summed E-state index contributed by atoms with van der Waals surface area (Å²) in [5.74, 6) is 0.295. The van der Waals surface area contributed by atoms with E-state index in [0.29, 0.717) is 16.5 Å². The number of halogens is 1. The summed E-state index contributed by atoms with van der Waals surface area (Å²) < 4.78 is 28.4. The molecule has 0 aliphatic rings. The SMILES string of the molecule is CC(C)S(=O)(=O)CCOc1c(N)cccc1Cl. The number of nitrogens with two attached hydrogens (primary N) is 1. The summed E-state index contributed by atoms with van der Waals surface area (Å²) in [6, 6.07) is 5.00. The van der Waals surface area contributed by atoms with Crippen molar-refractivity contribution >= 4 is 27.1 Å². The van der Waals surface area contributed by atoms with Crippen LogP contribution in [0.1, 0.15) is 13.8 Å². The third-order valence-electron chi connectivity index (χ3n) is 2.33. The predicted octanol–water partition coefficient (Wildman–Crippen LogP) is 2.12. The Bertz CT molecular complexity index is 465. The second kappa shape index (κ2) is 5.60. The van der Waals surface area contributed by atoms with Crippen LogP contribution >= 0.6 is 11.6 Å². The van der Waals surface area contributed by atoms with Crippen molar-refractivity contribution in [2.45, 2.75) is 19.1 Å². The maximum absolute atomic E-state index is 11.5. The van der Waals surface area contributed by atoms with Gasteiger partial charge in [0, 0.05) is 0 Å². The number of para-hydroxylation sites is 1. The molecule has 0 radical (unpaired) electrons. The maximum Gasteiger partial charge on any atom is 0.160 e. The molecule has 0 unspecified atom stereocenters. The first-order valence-corrected chi connectivity index (χ1v) is 7.32. The molecule has 0 heterocycles. The van der Waals surface area contributed by atoms with Crippen molar-refractivity contribution in [2.75, 3.05) is 18.1 Å². The third kappa shape index (κ3) is 3.78. The Morgan fingerprint density at radius 2 is 2.06 bits per heavy atom. The van der Waals surface area contributed by atoms with E-state index in [2.05, 4.69) is 0 Å². The Morgan fingerprint density at radius 1 is 1.41 bits per heavy atom. The molecule has 2 N–H and O–H groups in total. The largest absolute Gasteiger partial charge is 0.489 e. The van der Waals surface area contributed by atoms with Crippen LogP contribution in [0, 0.1) is 0 Å². The zero-order chi connectivity index (χ0) is 13.1. The molecule has 4 nitrogen and oxygen atoms in total. The molecule has 0 atom stereocenters. The van der Waals surface area contributed by atoms with Gasteiger partial charge in [0.05, 0.1) is 21.7 Å². The molecule has 96 valence electrons. The van der Waals surface area contributed by atoms with Gasteiger partial charge in [-0.05, 0) is 26.0 Å². The average molecular weight is 278 g/mol. The quantitative estimate of drug-likeness (QED) is 0.837. The Kier molecular flexibility index (Phi) is 4.65. The highest BCUT2D eigenvalue weighted by Crippen LogP contribution is 2.30. The van der Waals surface area contributed by atoms with Gasteiger partial charge in [-0.2, -0.15) is 0 Å². The van der Waals surface area contributed by atoms with Crippen molar-refractivity contribution in [3.05, 3.63) is 23.2 Å². The van der Waals surface area contributed by atoms with Crippen molar-refractivity contribution in [1.82, 2.24) is 0 Å². The zero-order valence-electron chi connectivity index (χ0n) is 9.81. The molecule has 1 aromatic rings. The summed E-state index contributed by atoms with van der Waals surface area (Å²) in [5.41, 5.74) is 6.07. The molecular formula is C11H16ClNO3S. The van der Waals surface area contributed by atoms with E-state index < -0.39 is 15.1 Å². The maximum atomic E-state index is 11.5. The molecule has 0 aliphatic carbocycles.